The number of ether oxygens (including phenoxy) is 1. The first-order valence-electron chi connectivity index (χ1n) is 6.88. The summed E-state index contributed by atoms with van der Waals surface area (Å²) in [4.78, 5) is 23.7. The first kappa shape index (κ1) is 14.1. The molecule has 1 aliphatic rings. The molecule has 3 rings (SSSR count). The molecule has 0 saturated heterocycles. The number of hydrogen-bond acceptors (Lipinski definition) is 4. The van der Waals surface area contributed by atoms with Gasteiger partial charge in [-0.1, -0.05) is 12.1 Å². The summed E-state index contributed by atoms with van der Waals surface area (Å²) in [7, 11) is 1.59. The molecule has 22 heavy (non-hydrogen) atoms. The number of aromatic amines is 1. The fraction of sp³-hybridized carbons (Fsp3) is 0.267. The molecule has 7 nitrogen and oxygen atoms in total. The van der Waals surface area contributed by atoms with Crippen molar-refractivity contribution < 1.29 is 9.53 Å². The Kier molecular flexibility index (Phi) is 3.54. The monoisotopic (exact) mass is 300 g/mol. The minimum Gasteiger partial charge on any atom is -0.497 e. The molecular weight excluding hydrogens is 284 g/mol. The number of hydrazone groups is 1. The molecule has 0 spiro atoms. The van der Waals surface area contributed by atoms with Crippen LogP contribution in [0.3, 0.4) is 0 Å². The number of methoxy groups -OCH3 is 1. The zero-order valence-corrected chi connectivity index (χ0v) is 12.3. The van der Waals surface area contributed by atoms with Crippen LogP contribution >= 0.6 is 0 Å². The lowest BCUT2D eigenvalue weighted by Crippen LogP contribution is -2.39. The fourth-order valence-electron chi connectivity index (χ4n) is 2.51. The van der Waals surface area contributed by atoms with Gasteiger partial charge in [-0.15, -0.1) is 0 Å². The van der Waals surface area contributed by atoms with E-state index in [1.54, 1.807) is 14.0 Å². The summed E-state index contributed by atoms with van der Waals surface area (Å²) < 4.78 is 6.51. The zero-order chi connectivity index (χ0) is 15.7. The summed E-state index contributed by atoms with van der Waals surface area (Å²) in [6.07, 6.45) is 0.232. The van der Waals surface area contributed by atoms with E-state index in [0.29, 0.717) is 5.84 Å². The van der Waals surface area contributed by atoms with Crippen molar-refractivity contribution in [1.82, 2.24) is 15.2 Å². The molecule has 1 aromatic carbocycles. The van der Waals surface area contributed by atoms with Crippen LogP contribution < -0.4 is 15.7 Å². The van der Waals surface area contributed by atoms with E-state index in [4.69, 9.17) is 4.74 Å². The van der Waals surface area contributed by atoms with Gasteiger partial charge in [0.15, 0.2) is 5.84 Å². The lowest BCUT2D eigenvalue weighted by Gasteiger charge is -2.23. The number of carbonyl (C=O) groups is 1. The maximum absolute atomic E-state index is 12.0. The van der Waals surface area contributed by atoms with Crippen molar-refractivity contribution >= 4 is 11.7 Å². The number of amides is 1. The number of hydrogen-bond donors (Lipinski definition) is 2. The van der Waals surface area contributed by atoms with Gasteiger partial charge in [0.2, 0.25) is 5.91 Å². The fourth-order valence-corrected chi connectivity index (χ4v) is 2.51. The van der Waals surface area contributed by atoms with Crippen LogP contribution in [0.15, 0.2) is 40.2 Å². The number of benzene rings is 1. The normalized spacial score (nSPS) is 17.8. The summed E-state index contributed by atoms with van der Waals surface area (Å²) in [5, 5.41) is 7.02. The van der Waals surface area contributed by atoms with Gasteiger partial charge in [-0.3, -0.25) is 14.7 Å². The third-order valence-electron chi connectivity index (χ3n) is 3.59. The lowest BCUT2D eigenvalue weighted by molar-refractivity contribution is -0.121. The minimum atomic E-state index is -0.296. The van der Waals surface area contributed by atoms with Crippen molar-refractivity contribution in [3.8, 4) is 5.75 Å². The van der Waals surface area contributed by atoms with Crippen molar-refractivity contribution in [2.75, 3.05) is 7.11 Å². The quantitative estimate of drug-likeness (QED) is 0.865. The second-order valence-corrected chi connectivity index (χ2v) is 5.15. The number of rotatable bonds is 2. The van der Waals surface area contributed by atoms with Gasteiger partial charge in [-0.2, -0.15) is 5.10 Å². The average molecular weight is 300 g/mol. The predicted octanol–water partition coefficient (Wildman–Crippen LogP) is 0.959. The van der Waals surface area contributed by atoms with Crippen LogP contribution in [0.1, 0.15) is 23.6 Å². The molecule has 2 aromatic rings. The highest BCUT2D eigenvalue weighted by molar-refractivity contribution is 5.97. The van der Waals surface area contributed by atoms with E-state index in [-0.39, 0.29) is 23.8 Å². The van der Waals surface area contributed by atoms with Crippen LogP contribution in [-0.4, -0.2) is 28.6 Å². The zero-order valence-electron chi connectivity index (χ0n) is 12.3. The lowest BCUT2D eigenvalue weighted by atomic mass is 9.93. The molecule has 1 atom stereocenters. The molecule has 7 heteroatoms. The van der Waals surface area contributed by atoms with Gasteiger partial charge in [-0.05, 0) is 24.6 Å². The highest BCUT2D eigenvalue weighted by Crippen LogP contribution is 2.26. The largest absolute Gasteiger partial charge is 0.497 e. The van der Waals surface area contributed by atoms with E-state index in [2.05, 4.69) is 15.6 Å². The Morgan fingerprint density at radius 1 is 1.27 bits per heavy atom. The van der Waals surface area contributed by atoms with E-state index < -0.39 is 0 Å². The second kappa shape index (κ2) is 5.51. The molecule has 1 unspecified atom stereocenters. The number of H-pyrrole nitrogens is 1. The van der Waals surface area contributed by atoms with Crippen LogP contribution in [0.4, 0.5) is 0 Å². The molecular formula is C15H16N4O3. The molecule has 0 fully saturated rings. The molecule has 0 aliphatic carbocycles. The van der Waals surface area contributed by atoms with E-state index >= 15 is 0 Å². The Morgan fingerprint density at radius 3 is 2.59 bits per heavy atom. The summed E-state index contributed by atoms with van der Waals surface area (Å²) in [6, 6.07) is 8.88. The Labute approximate surface area is 126 Å². The molecule has 0 bridgehead atoms. The van der Waals surface area contributed by atoms with Crippen LogP contribution in [0, 0.1) is 6.92 Å². The van der Waals surface area contributed by atoms with Gasteiger partial charge in [0, 0.05) is 18.2 Å². The van der Waals surface area contributed by atoms with Crippen molar-refractivity contribution in [3.63, 3.8) is 0 Å². The topological polar surface area (TPSA) is 88.5 Å². The number of nitrogens with zero attached hydrogens (tertiary/aromatic N) is 2. The van der Waals surface area contributed by atoms with E-state index in [1.165, 1.54) is 10.7 Å². The van der Waals surface area contributed by atoms with Gasteiger partial charge < -0.3 is 4.74 Å². The van der Waals surface area contributed by atoms with Crippen LogP contribution in [-0.2, 0) is 4.79 Å². The van der Waals surface area contributed by atoms with Crippen LogP contribution in [0.25, 0.3) is 0 Å². The Morgan fingerprint density at radius 2 is 2.00 bits per heavy atom. The molecule has 1 aromatic heterocycles. The van der Waals surface area contributed by atoms with Crippen molar-refractivity contribution in [3.05, 3.63) is 51.9 Å². The van der Waals surface area contributed by atoms with Crippen molar-refractivity contribution in [1.29, 1.82) is 0 Å². The maximum atomic E-state index is 12.0. The third kappa shape index (κ3) is 2.52. The summed E-state index contributed by atoms with van der Waals surface area (Å²) in [5.41, 5.74) is 3.86. The van der Waals surface area contributed by atoms with E-state index in [9.17, 15) is 9.59 Å². The van der Waals surface area contributed by atoms with E-state index in [0.717, 1.165) is 17.0 Å². The van der Waals surface area contributed by atoms with Gasteiger partial charge in [0.25, 0.3) is 5.56 Å². The molecule has 1 amide bonds. The molecule has 0 radical (unpaired) electrons. The molecule has 2 N–H and O–H groups in total. The molecule has 0 saturated carbocycles. The minimum absolute atomic E-state index is 0.180. The summed E-state index contributed by atoms with van der Waals surface area (Å²) in [6.45, 7) is 1.79. The Hall–Kier alpha value is -2.83. The smallest absolute Gasteiger partial charge is 0.272 e. The van der Waals surface area contributed by atoms with Gasteiger partial charge >= 0.3 is 0 Å². The van der Waals surface area contributed by atoms with E-state index in [1.807, 2.05) is 24.3 Å². The van der Waals surface area contributed by atoms with Gasteiger partial charge in [0.05, 0.1) is 13.0 Å². The highest BCUT2D eigenvalue weighted by atomic mass is 16.5. The first-order chi connectivity index (χ1) is 10.6. The highest BCUT2D eigenvalue weighted by Gasteiger charge is 2.28. The average Bonchev–Trinajstić information content (AvgIpc) is 2.86. The summed E-state index contributed by atoms with van der Waals surface area (Å²) in [5.74, 6) is 0.731. The third-order valence-corrected chi connectivity index (χ3v) is 3.59. The number of carbonyl (C=O) groups excluding carboxylic acids is 1. The second-order valence-electron chi connectivity index (χ2n) is 5.15. The van der Waals surface area contributed by atoms with Crippen molar-refractivity contribution in [2.45, 2.75) is 19.3 Å². The van der Waals surface area contributed by atoms with Crippen molar-refractivity contribution in [2.24, 2.45) is 5.10 Å². The standard InChI is InChI=1S/C15H16N4O3/c1-9-7-14(21)19(18-9)15-12(8-13(20)16-17-15)10-3-5-11(22-2)6-4-10/h3-7,12,18H,8H2,1-2H3,(H,16,20). The maximum Gasteiger partial charge on any atom is 0.272 e. The van der Waals surface area contributed by atoms with Crippen LogP contribution in [0.2, 0.25) is 0 Å². The van der Waals surface area contributed by atoms with Crippen LogP contribution in [0.5, 0.6) is 5.75 Å². The predicted molar refractivity (Wildman–Crippen MR) is 81.1 cm³/mol. The SMILES string of the molecule is COc1ccc(C2CC(=O)NN=C2n2[nH]c(C)cc2=O)cc1. The molecule has 2 heterocycles. The number of nitrogens with one attached hydrogen (secondary N) is 2. The Balaban J connectivity index is 2.04. The Bertz CT molecular complexity index is 786. The van der Waals surface area contributed by atoms with Gasteiger partial charge in [0.1, 0.15) is 5.75 Å². The molecule has 114 valence electrons. The first-order valence-corrected chi connectivity index (χ1v) is 6.88. The summed E-state index contributed by atoms with van der Waals surface area (Å²) >= 11 is 0. The van der Waals surface area contributed by atoms with Gasteiger partial charge in [-0.25, -0.2) is 10.1 Å². The number of aryl methyl sites for hydroxylation is 1. The number of aromatic nitrogens is 2. The molecule has 1 aliphatic heterocycles.